The third-order valence-corrected chi connectivity index (χ3v) is 3.65. The van der Waals surface area contributed by atoms with Gasteiger partial charge in [0.2, 0.25) is 0 Å². The Morgan fingerprint density at radius 2 is 1.94 bits per heavy atom. The van der Waals surface area contributed by atoms with E-state index in [1.165, 1.54) is 0 Å². The Hall–Kier alpha value is -1.03. The van der Waals surface area contributed by atoms with E-state index < -0.39 is 11.4 Å². The van der Waals surface area contributed by atoms with E-state index in [1.807, 2.05) is 33.8 Å². The lowest BCUT2D eigenvalue weighted by Crippen LogP contribution is -2.23. The van der Waals surface area contributed by atoms with Crippen LogP contribution in [0.25, 0.3) is 0 Å². The van der Waals surface area contributed by atoms with Gasteiger partial charge < -0.3 is 10.2 Å². The van der Waals surface area contributed by atoms with Crippen molar-refractivity contribution in [2.24, 2.45) is 0 Å². The molecule has 94 valence electrons. The van der Waals surface area contributed by atoms with Crippen LogP contribution in [0.4, 0.5) is 0 Å². The standard InChI is InChI=1S/C13H17BrO3/c1-7-5-9(14)12(17)11(8(7)2)13(3,4)6-10(15)16/h5,17H,6H2,1-4H3,(H,15,16). The monoisotopic (exact) mass is 300 g/mol. The van der Waals surface area contributed by atoms with Crippen molar-refractivity contribution >= 4 is 21.9 Å². The predicted molar refractivity (Wildman–Crippen MR) is 70.6 cm³/mol. The highest BCUT2D eigenvalue weighted by Gasteiger charge is 2.30. The molecule has 0 saturated carbocycles. The van der Waals surface area contributed by atoms with Gasteiger partial charge in [0, 0.05) is 11.0 Å². The van der Waals surface area contributed by atoms with E-state index in [0.29, 0.717) is 10.0 Å². The van der Waals surface area contributed by atoms with E-state index in [1.54, 1.807) is 0 Å². The van der Waals surface area contributed by atoms with E-state index >= 15 is 0 Å². The number of hydrogen-bond donors (Lipinski definition) is 2. The van der Waals surface area contributed by atoms with Crippen LogP contribution in [0.1, 0.15) is 37.0 Å². The molecule has 0 fully saturated rings. The number of phenols is 1. The van der Waals surface area contributed by atoms with Gasteiger partial charge >= 0.3 is 5.97 Å². The molecule has 0 aliphatic rings. The van der Waals surface area contributed by atoms with Gasteiger partial charge in [0.05, 0.1) is 10.9 Å². The van der Waals surface area contributed by atoms with Crippen molar-refractivity contribution in [3.8, 4) is 5.75 Å². The minimum atomic E-state index is -0.869. The summed E-state index contributed by atoms with van der Waals surface area (Å²) in [6.07, 6.45) is -0.0166. The van der Waals surface area contributed by atoms with Gasteiger partial charge in [-0.1, -0.05) is 13.8 Å². The first-order valence-corrected chi connectivity index (χ1v) is 6.17. The maximum atomic E-state index is 10.9. The second-order valence-electron chi connectivity index (χ2n) is 4.98. The van der Waals surface area contributed by atoms with Crippen LogP contribution in [0.15, 0.2) is 10.5 Å². The number of aliphatic carboxylic acids is 1. The lowest BCUT2D eigenvalue weighted by molar-refractivity contribution is -0.138. The van der Waals surface area contributed by atoms with Gasteiger partial charge in [-0.15, -0.1) is 0 Å². The number of carboxylic acids is 1. The zero-order chi connectivity index (χ0) is 13.4. The van der Waals surface area contributed by atoms with Crippen molar-refractivity contribution in [1.82, 2.24) is 0 Å². The number of phenolic OH excluding ortho intramolecular Hbond substituents is 1. The quantitative estimate of drug-likeness (QED) is 0.898. The van der Waals surface area contributed by atoms with E-state index in [4.69, 9.17) is 5.11 Å². The molecule has 0 aromatic heterocycles. The molecule has 4 heteroatoms. The number of hydrogen-bond acceptors (Lipinski definition) is 2. The van der Waals surface area contributed by atoms with Gasteiger partial charge in [0.15, 0.2) is 0 Å². The zero-order valence-corrected chi connectivity index (χ0v) is 12.1. The highest BCUT2D eigenvalue weighted by molar-refractivity contribution is 9.10. The fourth-order valence-electron chi connectivity index (χ4n) is 2.16. The van der Waals surface area contributed by atoms with Crippen LogP contribution >= 0.6 is 15.9 Å². The fourth-order valence-corrected chi connectivity index (χ4v) is 2.70. The Kier molecular flexibility index (Phi) is 3.87. The number of rotatable bonds is 3. The van der Waals surface area contributed by atoms with E-state index in [-0.39, 0.29) is 12.2 Å². The molecule has 0 aliphatic carbocycles. The summed E-state index contributed by atoms with van der Waals surface area (Å²) in [7, 11) is 0. The fraction of sp³-hybridized carbons (Fsp3) is 0.462. The summed E-state index contributed by atoms with van der Waals surface area (Å²) < 4.78 is 0.606. The summed E-state index contributed by atoms with van der Waals surface area (Å²) in [5.74, 6) is -0.731. The summed E-state index contributed by atoms with van der Waals surface area (Å²) in [6, 6.07) is 1.84. The molecule has 0 aliphatic heterocycles. The molecule has 0 saturated heterocycles. The molecule has 0 radical (unpaired) electrons. The second kappa shape index (κ2) is 4.69. The number of carboxylic acid groups (broad SMARTS) is 1. The zero-order valence-electron chi connectivity index (χ0n) is 10.5. The number of carbonyl (C=O) groups is 1. The second-order valence-corrected chi connectivity index (χ2v) is 5.83. The van der Waals surface area contributed by atoms with Crippen molar-refractivity contribution in [3.63, 3.8) is 0 Å². The van der Waals surface area contributed by atoms with Crippen molar-refractivity contribution in [2.45, 2.75) is 39.5 Å². The van der Waals surface area contributed by atoms with Crippen molar-refractivity contribution in [3.05, 3.63) is 27.2 Å². The maximum absolute atomic E-state index is 10.9. The smallest absolute Gasteiger partial charge is 0.304 e. The molecule has 0 heterocycles. The Balaban J connectivity index is 3.44. The average Bonchev–Trinajstić information content (AvgIpc) is 2.12. The maximum Gasteiger partial charge on any atom is 0.304 e. The number of benzene rings is 1. The molecule has 1 aromatic carbocycles. The lowest BCUT2D eigenvalue weighted by Gasteiger charge is -2.27. The molecule has 0 bridgehead atoms. The summed E-state index contributed by atoms with van der Waals surface area (Å²) in [6.45, 7) is 7.50. The SMILES string of the molecule is Cc1cc(Br)c(O)c(C(C)(C)CC(=O)O)c1C. The Bertz CT molecular complexity index is 438. The highest BCUT2D eigenvalue weighted by Crippen LogP contribution is 2.41. The van der Waals surface area contributed by atoms with Crippen LogP contribution < -0.4 is 0 Å². The Labute approximate surface area is 110 Å². The predicted octanol–water partition coefficient (Wildman–Crippen LogP) is 3.52. The van der Waals surface area contributed by atoms with Gasteiger partial charge in [0.1, 0.15) is 5.75 Å². The number of aryl methyl sites for hydroxylation is 1. The molecule has 0 spiro atoms. The van der Waals surface area contributed by atoms with Crippen LogP contribution in [0.5, 0.6) is 5.75 Å². The molecule has 1 aromatic rings. The summed E-state index contributed by atoms with van der Waals surface area (Å²) in [5, 5.41) is 19.0. The molecule has 3 nitrogen and oxygen atoms in total. The van der Waals surface area contributed by atoms with Crippen LogP contribution in [0.3, 0.4) is 0 Å². The minimum Gasteiger partial charge on any atom is -0.506 e. The Morgan fingerprint density at radius 1 is 1.41 bits per heavy atom. The molecule has 0 amide bonds. The van der Waals surface area contributed by atoms with E-state index in [2.05, 4.69) is 15.9 Å². The van der Waals surface area contributed by atoms with Gasteiger partial charge in [-0.3, -0.25) is 4.79 Å². The van der Waals surface area contributed by atoms with E-state index in [0.717, 1.165) is 11.1 Å². The third kappa shape index (κ3) is 2.80. The first kappa shape index (κ1) is 14.0. The molecule has 1 rings (SSSR count). The van der Waals surface area contributed by atoms with Gasteiger partial charge in [-0.25, -0.2) is 0 Å². The van der Waals surface area contributed by atoms with Crippen molar-refractivity contribution in [2.75, 3.05) is 0 Å². The van der Waals surface area contributed by atoms with Crippen LogP contribution in [0.2, 0.25) is 0 Å². The number of halogens is 1. The molecule has 2 N–H and O–H groups in total. The topological polar surface area (TPSA) is 57.5 Å². The first-order chi connectivity index (χ1) is 7.66. The largest absolute Gasteiger partial charge is 0.506 e. The number of aromatic hydroxyl groups is 1. The minimum absolute atomic E-state index is 0.0166. The first-order valence-electron chi connectivity index (χ1n) is 5.37. The third-order valence-electron chi connectivity index (χ3n) is 3.04. The molecule has 0 unspecified atom stereocenters. The normalized spacial score (nSPS) is 11.6. The Morgan fingerprint density at radius 3 is 2.41 bits per heavy atom. The summed E-state index contributed by atoms with van der Waals surface area (Å²) >= 11 is 3.29. The summed E-state index contributed by atoms with van der Waals surface area (Å²) in [5.41, 5.74) is 2.07. The lowest BCUT2D eigenvalue weighted by atomic mass is 9.78. The van der Waals surface area contributed by atoms with Crippen LogP contribution in [0, 0.1) is 13.8 Å². The van der Waals surface area contributed by atoms with E-state index in [9.17, 15) is 9.90 Å². The molecule has 17 heavy (non-hydrogen) atoms. The van der Waals surface area contributed by atoms with Gasteiger partial charge in [0.25, 0.3) is 0 Å². The summed E-state index contributed by atoms with van der Waals surface area (Å²) in [4.78, 5) is 10.9. The van der Waals surface area contributed by atoms with Crippen LogP contribution in [-0.4, -0.2) is 16.2 Å². The van der Waals surface area contributed by atoms with Gasteiger partial charge in [-0.2, -0.15) is 0 Å². The van der Waals surface area contributed by atoms with Gasteiger partial charge in [-0.05, 0) is 47.0 Å². The molecule has 0 atom stereocenters. The molecular formula is C13H17BrO3. The average molecular weight is 301 g/mol. The van der Waals surface area contributed by atoms with Crippen molar-refractivity contribution in [1.29, 1.82) is 0 Å². The van der Waals surface area contributed by atoms with Crippen LogP contribution in [-0.2, 0) is 10.2 Å². The molecular weight excluding hydrogens is 284 g/mol. The van der Waals surface area contributed by atoms with Crippen molar-refractivity contribution < 1.29 is 15.0 Å². The highest BCUT2D eigenvalue weighted by atomic mass is 79.9.